The zero-order valence-corrected chi connectivity index (χ0v) is 11.1. The summed E-state index contributed by atoms with van der Waals surface area (Å²) in [7, 11) is 1.75. The van der Waals surface area contributed by atoms with E-state index in [4.69, 9.17) is 0 Å². The lowest BCUT2D eigenvalue weighted by Gasteiger charge is -2.37. The monoisotopic (exact) mass is 275 g/mol. The van der Waals surface area contributed by atoms with Crippen molar-refractivity contribution >= 4 is 0 Å². The number of nitrogens with zero attached hydrogens (tertiary/aromatic N) is 2. The summed E-state index contributed by atoms with van der Waals surface area (Å²) >= 11 is 0. The van der Waals surface area contributed by atoms with Crippen LogP contribution in [0.2, 0.25) is 0 Å². The topological polar surface area (TPSA) is 39.1 Å². The zero-order chi connectivity index (χ0) is 14.1. The van der Waals surface area contributed by atoms with Crippen LogP contribution in [0.4, 0.5) is 13.2 Å². The molecule has 0 bridgehead atoms. The fourth-order valence-electron chi connectivity index (χ4n) is 3.32. The molecule has 0 aromatic rings. The van der Waals surface area contributed by atoms with Gasteiger partial charge in [-0.15, -0.1) is 0 Å². The summed E-state index contributed by atoms with van der Waals surface area (Å²) in [6, 6.07) is 2.39. The quantitative estimate of drug-likeness (QED) is 0.840. The molecular weight excluding hydrogens is 255 g/mol. The Morgan fingerprint density at radius 1 is 1.37 bits per heavy atom. The molecule has 0 aromatic heterocycles. The Bertz CT molecular complexity index is 363. The summed E-state index contributed by atoms with van der Waals surface area (Å²) in [5, 5.41) is 12.2. The van der Waals surface area contributed by atoms with Crippen LogP contribution in [0.15, 0.2) is 0 Å². The van der Waals surface area contributed by atoms with Crippen molar-refractivity contribution in [3.63, 3.8) is 0 Å². The number of nitrogens with one attached hydrogen (secondary N) is 1. The molecule has 1 saturated carbocycles. The Labute approximate surface area is 111 Å². The fraction of sp³-hybridized carbons (Fsp3) is 0.923. The van der Waals surface area contributed by atoms with E-state index in [2.05, 4.69) is 11.4 Å². The summed E-state index contributed by atoms with van der Waals surface area (Å²) in [5.74, 6) is -1.20. The second-order valence-electron chi connectivity index (χ2n) is 5.72. The lowest BCUT2D eigenvalue weighted by molar-refractivity contribution is -0.188. The van der Waals surface area contributed by atoms with Crippen molar-refractivity contribution in [3.05, 3.63) is 0 Å². The maximum absolute atomic E-state index is 12.8. The van der Waals surface area contributed by atoms with E-state index in [1.54, 1.807) is 7.05 Å². The van der Waals surface area contributed by atoms with E-state index < -0.39 is 17.6 Å². The van der Waals surface area contributed by atoms with Gasteiger partial charge in [-0.05, 0) is 45.7 Å². The van der Waals surface area contributed by atoms with E-state index in [1.807, 2.05) is 4.90 Å². The SMILES string of the molecule is CNC1(C#N)CCC(N2CCCC(C(F)(F)F)C2)C1. The van der Waals surface area contributed by atoms with E-state index in [0.29, 0.717) is 12.8 Å². The van der Waals surface area contributed by atoms with Crippen molar-refractivity contribution in [3.8, 4) is 6.07 Å². The van der Waals surface area contributed by atoms with Crippen molar-refractivity contribution in [1.29, 1.82) is 5.26 Å². The van der Waals surface area contributed by atoms with E-state index in [-0.39, 0.29) is 19.0 Å². The minimum absolute atomic E-state index is 0.0966. The van der Waals surface area contributed by atoms with Crippen LogP contribution in [0.1, 0.15) is 32.1 Å². The zero-order valence-electron chi connectivity index (χ0n) is 11.1. The molecule has 1 N–H and O–H groups in total. The average molecular weight is 275 g/mol. The molecule has 1 aliphatic heterocycles. The molecule has 1 aliphatic carbocycles. The molecule has 2 fully saturated rings. The Hall–Kier alpha value is -0.800. The highest BCUT2D eigenvalue weighted by Gasteiger charge is 2.46. The van der Waals surface area contributed by atoms with Gasteiger partial charge in [-0.3, -0.25) is 4.90 Å². The summed E-state index contributed by atoms with van der Waals surface area (Å²) in [4.78, 5) is 1.94. The lowest BCUT2D eigenvalue weighted by atomic mass is 9.95. The third kappa shape index (κ3) is 3.03. The number of likely N-dealkylation sites (tertiary alicyclic amines) is 1. The molecule has 1 saturated heterocycles. The number of hydrogen-bond acceptors (Lipinski definition) is 3. The van der Waals surface area contributed by atoms with Gasteiger partial charge in [-0.1, -0.05) is 0 Å². The molecule has 3 atom stereocenters. The molecule has 0 amide bonds. The van der Waals surface area contributed by atoms with Crippen LogP contribution in [-0.2, 0) is 0 Å². The Kier molecular flexibility index (Phi) is 4.07. The Balaban J connectivity index is 1.98. The second-order valence-corrected chi connectivity index (χ2v) is 5.72. The molecule has 3 unspecified atom stereocenters. The van der Waals surface area contributed by atoms with Gasteiger partial charge in [0.2, 0.25) is 0 Å². The predicted molar refractivity (Wildman–Crippen MR) is 65.4 cm³/mol. The maximum atomic E-state index is 12.8. The maximum Gasteiger partial charge on any atom is 0.393 e. The average Bonchev–Trinajstić information content (AvgIpc) is 2.83. The summed E-state index contributed by atoms with van der Waals surface area (Å²) < 4.78 is 38.4. The van der Waals surface area contributed by atoms with Gasteiger partial charge < -0.3 is 5.32 Å². The minimum atomic E-state index is -4.09. The van der Waals surface area contributed by atoms with Crippen molar-refractivity contribution in [1.82, 2.24) is 10.2 Å². The first-order chi connectivity index (χ1) is 8.90. The third-order valence-corrected chi connectivity index (χ3v) is 4.61. The lowest BCUT2D eigenvalue weighted by Crippen LogP contribution is -2.47. The van der Waals surface area contributed by atoms with E-state index >= 15 is 0 Å². The van der Waals surface area contributed by atoms with Crippen molar-refractivity contribution < 1.29 is 13.2 Å². The summed E-state index contributed by atoms with van der Waals surface area (Å²) in [6.07, 6.45) is -1.10. The van der Waals surface area contributed by atoms with Crippen LogP contribution in [0.5, 0.6) is 0 Å². The molecule has 1 heterocycles. The van der Waals surface area contributed by atoms with Crippen LogP contribution in [0.25, 0.3) is 0 Å². The fourth-order valence-corrected chi connectivity index (χ4v) is 3.32. The van der Waals surface area contributed by atoms with Crippen molar-refractivity contribution in [2.45, 2.75) is 49.9 Å². The van der Waals surface area contributed by atoms with Crippen LogP contribution in [0.3, 0.4) is 0 Å². The van der Waals surface area contributed by atoms with Crippen LogP contribution in [0, 0.1) is 17.2 Å². The molecule has 2 rings (SSSR count). The van der Waals surface area contributed by atoms with Gasteiger partial charge in [0.15, 0.2) is 0 Å². The largest absolute Gasteiger partial charge is 0.393 e. The predicted octanol–water partition coefficient (Wildman–Crippen LogP) is 2.29. The number of hydrogen-bond donors (Lipinski definition) is 1. The first-order valence-corrected chi connectivity index (χ1v) is 6.81. The van der Waals surface area contributed by atoms with Crippen LogP contribution >= 0.6 is 0 Å². The molecule has 108 valence electrons. The molecule has 0 aromatic carbocycles. The first-order valence-electron chi connectivity index (χ1n) is 6.81. The van der Waals surface area contributed by atoms with E-state index in [0.717, 1.165) is 19.4 Å². The van der Waals surface area contributed by atoms with Crippen LogP contribution in [-0.4, -0.2) is 42.8 Å². The van der Waals surface area contributed by atoms with Crippen LogP contribution < -0.4 is 5.32 Å². The highest BCUT2D eigenvalue weighted by atomic mass is 19.4. The number of alkyl halides is 3. The molecule has 6 heteroatoms. The number of nitriles is 1. The number of halogens is 3. The van der Waals surface area contributed by atoms with Gasteiger partial charge in [0.05, 0.1) is 12.0 Å². The smallest absolute Gasteiger partial charge is 0.302 e. The first kappa shape index (κ1) is 14.6. The number of piperidine rings is 1. The van der Waals surface area contributed by atoms with Gasteiger partial charge in [-0.25, -0.2) is 0 Å². The standard InChI is InChI=1S/C13H20F3N3/c1-18-12(9-17)5-4-11(7-12)19-6-2-3-10(8-19)13(14,15)16/h10-11,18H,2-8H2,1H3. The second kappa shape index (κ2) is 5.29. The van der Waals surface area contributed by atoms with Gasteiger partial charge >= 0.3 is 6.18 Å². The number of rotatable bonds is 2. The van der Waals surface area contributed by atoms with Gasteiger partial charge in [0.25, 0.3) is 0 Å². The molecular formula is C13H20F3N3. The highest BCUT2D eigenvalue weighted by Crippen LogP contribution is 2.38. The van der Waals surface area contributed by atoms with Gasteiger partial charge in [0, 0.05) is 12.6 Å². The molecule has 19 heavy (non-hydrogen) atoms. The summed E-state index contributed by atoms with van der Waals surface area (Å²) in [6.45, 7) is 0.821. The third-order valence-electron chi connectivity index (χ3n) is 4.61. The minimum Gasteiger partial charge on any atom is -0.302 e. The molecule has 0 spiro atoms. The highest BCUT2D eigenvalue weighted by molar-refractivity contribution is 5.13. The Morgan fingerprint density at radius 3 is 2.63 bits per heavy atom. The van der Waals surface area contributed by atoms with E-state index in [1.165, 1.54) is 0 Å². The van der Waals surface area contributed by atoms with Crippen molar-refractivity contribution in [2.75, 3.05) is 20.1 Å². The van der Waals surface area contributed by atoms with E-state index in [9.17, 15) is 18.4 Å². The molecule has 0 radical (unpaired) electrons. The Morgan fingerprint density at radius 2 is 2.11 bits per heavy atom. The van der Waals surface area contributed by atoms with Gasteiger partial charge in [-0.2, -0.15) is 18.4 Å². The normalized spacial score (nSPS) is 37.2. The molecule has 3 nitrogen and oxygen atoms in total. The van der Waals surface area contributed by atoms with Crippen molar-refractivity contribution in [2.24, 2.45) is 5.92 Å². The van der Waals surface area contributed by atoms with Gasteiger partial charge in [0.1, 0.15) is 5.54 Å². The molecule has 2 aliphatic rings. The summed E-state index contributed by atoms with van der Waals surface area (Å²) in [5.41, 5.74) is -0.546.